The van der Waals surface area contributed by atoms with Crippen LogP contribution in [0.15, 0.2) is 36.0 Å². The van der Waals surface area contributed by atoms with Gasteiger partial charge in [-0.05, 0) is 45.6 Å². The Balaban J connectivity index is 1.80. The number of rotatable bonds is 10. The van der Waals surface area contributed by atoms with Crippen molar-refractivity contribution in [2.75, 3.05) is 6.54 Å². The zero-order valence-electron chi connectivity index (χ0n) is 21.0. The summed E-state index contributed by atoms with van der Waals surface area (Å²) in [6.07, 6.45) is 4.06. The second-order valence-corrected chi connectivity index (χ2v) is 9.31. The Morgan fingerprint density at radius 1 is 1.26 bits per heavy atom. The Morgan fingerprint density at radius 2 is 1.97 bits per heavy atom. The fraction of sp³-hybridized carbons (Fsp3) is 0.560. The van der Waals surface area contributed by atoms with Crippen molar-refractivity contribution in [1.29, 1.82) is 0 Å². The summed E-state index contributed by atoms with van der Waals surface area (Å²) in [5.74, 6) is 4.44. The smallest absolute Gasteiger partial charge is 0.331 e. The van der Waals surface area contributed by atoms with Gasteiger partial charge in [-0.1, -0.05) is 42.8 Å². The maximum absolute atomic E-state index is 13.4. The number of hydrogen-bond donors (Lipinski definition) is 3. The fourth-order valence-electron chi connectivity index (χ4n) is 4.40. The molecule has 0 bridgehead atoms. The number of carbonyl (C=O) groups is 3. The molecular weight excluding hydrogens is 450 g/mol. The molecule has 10 nitrogen and oxygen atoms in total. The monoisotopic (exact) mass is 487 g/mol. The Labute approximate surface area is 206 Å². The van der Waals surface area contributed by atoms with E-state index in [1.54, 1.807) is 4.90 Å². The average molecular weight is 488 g/mol. The highest BCUT2D eigenvalue weighted by atomic mass is 16.7. The first-order valence-corrected chi connectivity index (χ1v) is 12.2. The SMILES string of the molecule is CCC1C=C(NC2NC(=O)N(CCC(=O)ON)C(=O)N2Cc2ccc(C)cc2)CCC1OC(C)C. The predicted molar refractivity (Wildman–Crippen MR) is 130 cm³/mol. The van der Waals surface area contributed by atoms with Crippen LogP contribution in [0, 0.1) is 12.8 Å². The average Bonchev–Trinajstić information content (AvgIpc) is 2.83. The molecule has 1 aromatic carbocycles. The van der Waals surface area contributed by atoms with Gasteiger partial charge in [0.05, 0.1) is 25.2 Å². The second-order valence-electron chi connectivity index (χ2n) is 9.31. The Kier molecular flexibility index (Phi) is 9.11. The second kappa shape index (κ2) is 12.0. The zero-order valence-corrected chi connectivity index (χ0v) is 21.0. The summed E-state index contributed by atoms with van der Waals surface area (Å²) in [5, 5.41) is 6.24. The lowest BCUT2D eigenvalue weighted by Gasteiger charge is -2.42. The van der Waals surface area contributed by atoms with Gasteiger partial charge in [0.2, 0.25) is 0 Å². The highest BCUT2D eigenvalue weighted by Crippen LogP contribution is 2.28. The molecule has 3 atom stereocenters. The van der Waals surface area contributed by atoms with E-state index in [4.69, 9.17) is 10.6 Å². The van der Waals surface area contributed by atoms with E-state index in [1.807, 2.05) is 45.0 Å². The van der Waals surface area contributed by atoms with Gasteiger partial charge < -0.3 is 14.9 Å². The summed E-state index contributed by atoms with van der Waals surface area (Å²) in [6.45, 7) is 8.34. The van der Waals surface area contributed by atoms with E-state index in [9.17, 15) is 14.4 Å². The summed E-state index contributed by atoms with van der Waals surface area (Å²) in [4.78, 5) is 44.4. The summed E-state index contributed by atoms with van der Waals surface area (Å²) < 4.78 is 6.09. The fourth-order valence-corrected chi connectivity index (χ4v) is 4.40. The zero-order chi connectivity index (χ0) is 25.5. The number of urea groups is 2. The predicted octanol–water partition coefficient (Wildman–Crippen LogP) is 3.12. The number of benzene rings is 1. The molecule has 0 saturated carbocycles. The number of imide groups is 1. The van der Waals surface area contributed by atoms with Crippen molar-refractivity contribution in [3.63, 3.8) is 0 Å². The molecule has 0 spiro atoms. The van der Waals surface area contributed by atoms with E-state index in [-0.39, 0.29) is 37.6 Å². The van der Waals surface area contributed by atoms with Gasteiger partial charge in [-0.2, -0.15) is 5.90 Å². The maximum atomic E-state index is 13.4. The highest BCUT2D eigenvalue weighted by Gasteiger charge is 2.39. The standard InChI is InChI=1S/C25H37N5O5/c1-5-19-14-20(10-11-21(19)34-16(2)3)27-23-28-24(32)29(13-12-22(31)35-26)25(33)30(23)15-18-8-6-17(4)7-9-18/h6-9,14,16,19,21,23,27H,5,10-13,15,26H2,1-4H3,(H,28,32). The molecule has 1 fully saturated rings. The molecule has 1 aromatic rings. The lowest BCUT2D eigenvalue weighted by atomic mass is 9.88. The van der Waals surface area contributed by atoms with Crippen LogP contribution in [0.3, 0.4) is 0 Å². The van der Waals surface area contributed by atoms with Crippen molar-refractivity contribution >= 4 is 18.0 Å². The molecule has 1 saturated heterocycles. The van der Waals surface area contributed by atoms with Gasteiger partial charge in [0.15, 0.2) is 6.29 Å². The van der Waals surface area contributed by atoms with E-state index in [2.05, 4.69) is 28.5 Å². The number of nitrogens with two attached hydrogens (primary N) is 1. The van der Waals surface area contributed by atoms with Crippen LogP contribution in [0.25, 0.3) is 0 Å². The third kappa shape index (κ3) is 6.95. The van der Waals surface area contributed by atoms with E-state index < -0.39 is 24.3 Å². The molecule has 1 aliphatic carbocycles. The van der Waals surface area contributed by atoms with Crippen LogP contribution in [-0.4, -0.2) is 52.9 Å². The van der Waals surface area contributed by atoms with Gasteiger partial charge in [0.25, 0.3) is 0 Å². The molecule has 3 unspecified atom stereocenters. The van der Waals surface area contributed by atoms with Crippen LogP contribution >= 0.6 is 0 Å². The van der Waals surface area contributed by atoms with Crippen molar-refractivity contribution in [3.05, 3.63) is 47.2 Å². The number of carbonyl (C=O) groups excluding carboxylic acids is 3. The minimum Gasteiger partial charge on any atom is -0.375 e. The topological polar surface area (TPSA) is 126 Å². The number of nitrogens with zero attached hydrogens (tertiary/aromatic N) is 2. The number of nitrogens with one attached hydrogen (secondary N) is 2. The van der Waals surface area contributed by atoms with Gasteiger partial charge in [0.1, 0.15) is 0 Å². The minimum atomic E-state index is -0.736. The normalized spacial score (nSPS) is 22.7. The summed E-state index contributed by atoms with van der Waals surface area (Å²) in [5.41, 5.74) is 3.00. The molecule has 0 radical (unpaired) electrons. The van der Waals surface area contributed by atoms with Crippen LogP contribution in [0.4, 0.5) is 9.59 Å². The first kappa shape index (κ1) is 26.5. The molecule has 3 rings (SSSR count). The third-order valence-electron chi connectivity index (χ3n) is 6.27. The Bertz CT molecular complexity index is 933. The van der Waals surface area contributed by atoms with Crippen LogP contribution in [0.2, 0.25) is 0 Å². The number of amides is 4. The van der Waals surface area contributed by atoms with Gasteiger partial charge >= 0.3 is 18.0 Å². The Morgan fingerprint density at radius 3 is 2.60 bits per heavy atom. The molecule has 2 aliphatic rings. The van der Waals surface area contributed by atoms with E-state index >= 15 is 0 Å². The first-order chi connectivity index (χ1) is 16.7. The van der Waals surface area contributed by atoms with E-state index in [1.165, 1.54) is 0 Å². The van der Waals surface area contributed by atoms with Crippen molar-refractivity contribution in [2.45, 2.75) is 78.4 Å². The minimum absolute atomic E-state index is 0.132. The largest absolute Gasteiger partial charge is 0.375 e. The number of ether oxygens (including phenoxy) is 1. The highest BCUT2D eigenvalue weighted by molar-refractivity contribution is 5.96. The van der Waals surface area contributed by atoms with Crippen LogP contribution in [0.5, 0.6) is 0 Å². The van der Waals surface area contributed by atoms with Gasteiger partial charge in [0, 0.05) is 18.2 Å². The summed E-state index contributed by atoms with van der Waals surface area (Å²) >= 11 is 0. The molecule has 0 aromatic heterocycles. The van der Waals surface area contributed by atoms with E-state index in [0.717, 1.165) is 41.0 Å². The molecule has 4 amide bonds. The maximum Gasteiger partial charge on any atom is 0.331 e. The molecule has 35 heavy (non-hydrogen) atoms. The van der Waals surface area contributed by atoms with Crippen LogP contribution in [-0.2, 0) is 20.9 Å². The molecule has 4 N–H and O–H groups in total. The van der Waals surface area contributed by atoms with Gasteiger partial charge in [-0.25, -0.2) is 14.5 Å². The van der Waals surface area contributed by atoms with Crippen LogP contribution < -0.4 is 16.5 Å². The van der Waals surface area contributed by atoms with Crippen molar-refractivity contribution in [3.8, 4) is 0 Å². The molecule has 1 aliphatic heterocycles. The first-order valence-electron chi connectivity index (χ1n) is 12.2. The van der Waals surface area contributed by atoms with Gasteiger partial charge in [-0.3, -0.25) is 15.0 Å². The quantitative estimate of drug-likeness (QED) is 0.433. The molecule has 1 heterocycles. The van der Waals surface area contributed by atoms with Gasteiger partial charge in [-0.15, -0.1) is 0 Å². The van der Waals surface area contributed by atoms with Crippen molar-refractivity contribution in [2.24, 2.45) is 11.8 Å². The molecule has 10 heteroatoms. The van der Waals surface area contributed by atoms with E-state index in [0.29, 0.717) is 0 Å². The lowest BCUT2D eigenvalue weighted by Crippen LogP contribution is -2.68. The number of hydrogen-bond acceptors (Lipinski definition) is 7. The lowest BCUT2D eigenvalue weighted by molar-refractivity contribution is -0.144. The van der Waals surface area contributed by atoms with Crippen molar-refractivity contribution in [1.82, 2.24) is 20.4 Å². The summed E-state index contributed by atoms with van der Waals surface area (Å²) in [6, 6.07) is 6.78. The Hall–Kier alpha value is -3.11. The number of aryl methyl sites for hydroxylation is 1. The molecular formula is C25H37N5O5. The molecule has 192 valence electrons. The third-order valence-corrected chi connectivity index (χ3v) is 6.27. The summed E-state index contributed by atoms with van der Waals surface area (Å²) in [7, 11) is 0. The van der Waals surface area contributed by atoms with Crippen LogP contribution in [0.1, 0.15) is 57.6 Å². The van der Waals surface area contributed by atoms with Crippen molar-refractivity contribution < 1.29 is 24.0 Å². The number of allylic oxidation sites excluding steroid dienone is 1.